The molecule has 136 valence electrons. The largest absolute Gasteiger partial charge is 0.327 e. The van der Waals surface area contributed by atoms with Gasteiger partial charge < -0.3 is 4.98 Å². The second-order valence-electron chi connectivity index (χ2n) is 6.25. The number of carbonyl (C=O) groups excluding carboxylic acids is 1. The quantitative estimate of drug-likeness (QED) is 0.471. The first kappa shape index (κ1) is 16.5. The molecule has 28 heavy (non-hydrogen) atoms. The molecule has 0 aliphatic rings. The lowest BCUT2D eigenvalue weighted by Gasteiger charge is -2.00. The van der Waals surface area contributed by atoms with Crippen molar-refractivity contribution in [2.75, 3.05) is 0 Å². The predicted octanol–water partition coefficient (Wildman–Crippen LogP) is 4.03. The van der Waals surface area contributed by atoms with Gasteiger partial charge in [0.15, 0.2) is 12.1 Å². The van der Waals surface area contributed by atoms with E-state index in [0.29, 0.717) is 11.4 Å². The van der Waals surface area contributed by atoms with Gasteiger partial charge in [-0.2, -0.15) is 0 Å². The first-order chi connectivity index (χ1) is 13.7. The van der Waals surface area contributed by atoms with Crippen molar-refractivity contribution < 1.29 is 4.79 Å². The van der Waals surface area contributed by atoms with Crippen LogP contribution < -0.4 is 0 Å². The molecule has 0 aliphatic carbocycles. The van der Waals surface area contributed by atoms with E-state index in [1.54, 1.807) is 18.6 Å². The number of hydrogen-bond donors (Lipinski definition) is 1. The van der Waals surface area contributed by atoms with Gasteiger partial charge in [-0.05, 0) is 19.1 Å². The van der Waals surface area contributed by atoms with Crippen LogP contribution in [0, 0.1) is 6.92 Å². The third-order valence-electron chi connectivity index (χ3n) is 4.46. The fourth-order valence-electron chi connectivity index (χ4n) is 3.20. The zero-order chi connectivity index (χ0) is 19.1. The summed E-state index contributed by atoms with van der Waals surface area (Å²) in [6.45, 7) is 1.95. The minimum absolute atomic E-state index is 0.585. The van der Waals surface area contributed by atoms with Crippen molar-refractivity contribution >= 4 is 23.3 Å². The van der Waals surface area contributed by atoms with Crippen molar-refractivity contribution in [3.63, 3.8) is 0 Å². The summed E-state index contributed by atoms with van der Waals surface area (Å²) in [6, 6.07) is 13.6. The molecule has 0 spiro atoms. The lowest BCUT2D eigenvalue weighted by atomic mass is 10.1. The molecule has 8 heteroatoms. The Morgan fingerprint density at radius 3 is 2.71 bits per heavy atom. The van der Waals surface area contributed by atoms with Gasteiger partial charge >= 0.3 is 0 Å². The zero-order valence-electron chi connectivity index (χ0n) is 14.8. The first-order valence-electron chi connectivity index (χ1n) is 8.61. The van der Waals surface area contributed by atoms with Gasteiger partial charge in [0.2, 0.25) is 0 Å². The normalized spacial score (nSPS) is 11.2. The Balaban J connectivity index is 1.77. The topological polar surface area (TPSA) is 88.8 Å². The summed E-state index contributed by atoms with van der Waals surface area (Å²) in [5.41, 5.74) is 4.90. The Hall–Kier alpha value is -3.65. The second-order valence-corrected chi connectivity index (χ2v) is 7.25. The van der Waals surface area contributed by atoms with Crippen molar-refractivity contribution in [1.82, 2.24) is 29.5 Å². The van der Waals surface area contributed by atoms with Crippen LogP contribution in [-0.2, 0) is 0 Å². The van der Waals surface area contributed by atoms with Crippen LogP contribution in [0.2, 0.25) is 0 Å². The molecule has 0 unspecified atom stereocenters. The molecule has 0 fully saturated rings. The molecule has 0 saturated carbocycles. The van der Waals surface area contributed by atoms with Crippen LogP contribution in [0.5, 0.6) is 0 Å². The highest BCUT2D eigenvalue weighted by Gasteiger charge is 2.21. The molecule has 7 nitrogen and oxygen atoms in total. The molecule has 4 heterocycles. The summed E-state index contributed by atoms with van der Waals surface area (Å²) < 4.78 is 1.91. The molecule has 0 radical (unpaired) electrons. The summed E-state index contributed by atoms with van der Waals surface area (Å²) >= 11 is 1.52. The number of H-pyrrole nitrogens is 1. The minimum Gasteiger partial charge on any atom is -0.327 e. The molecular formula is C20H14N6OS. The number of hydrogen-bond acceptors (Lipinski definition) is 6. The van der Waals surface area contributed by atoms with Crippen LogP contribution in [0.25, 0.3) is 38.3 Å². The number of nitrogens with zero attached hydrogens (tertiary/aromatic N) is 5. The van der Waals surface area contributed by atoms with Gasteiger partial charge in [-0.15, -0.1) is 21.5 Å². The molecule has 1 aromatic carbocycles. The average Bonchev–Trinajstić information content (AvgIpc) is 3.45. The van der Waals surface area contributed by atoms with Crippen LogP contribution in [-0.4, -0.2) is 35.8 Å². The van der Waals surface area contributed by atoms with E-state index in [0.717, 1.165) is 44.5 Å². The Morgan fingerprint density at radius 2 is 1.96 bits per heavy atom. The molecule has 4 aromatic heterocycles. The van der Waals surface area contributed by atoms with Crippen LogP contribution >= 0.6 is 11.3 Å². The average molecular weight is 386 g/mol. The van der Waals surface area contributed by atoms with Crippen LogP contribution in [0.4, 0.5) is 0 Å². The van der Waals surface area contributed by atoms with E-state index < -0.39 is 0 Å². The third-order valence-corrected chi connectivity index (χ3v) is 5.53. The summed E-state index contributed by atoms with van der Waals surface area (Å²) in [5.74, 6) is 0.669. The van der Waals surface area contributed by atoms with Crippen LogP contribution in [0.3, 0.4) is 0 Å². The number of benzene rings is 1. The molecule has 0 amide bonds. The van der Waals surface area contributed by atoms with Crippen molar-refractivity contribution in [2.45, 2.75) is 6.92 Å². The standard InChI is InChI=1S/C20H14N6OS/c1-12-17(26-9-13(10-27)7-8-15(26)23-12)20-24-16(14-5-3-2-4-6-14)18(28-20)19-21-11-22-25-19/h2-11H,1H3,(H,21,22,25). The number of carbonyl (C=O) groups is 1. The fourth-order valence-corrected chi connectivity index (χ4v) is 4.33. The smallest absolute Gasteiger partial charge is 0.173 e. The highest BCUT2D eigenvalue weighted by atomic mass is 32.1. The van der Waals surface area contributed by atoms with Gasteiger partial charge in [0, 0.05) is 17.3 Å². The van der Waals surface area contributed by atoms with Crippen molar-refractivity contribution in [3.8, 4) is 32.7 Å². The molecule has 1 N–H and O–H groups in total. The van der Waals surface area contributed by atoms with E-state index in [-0.39, 0.29) is 0 Å². The number of thiazole rings is 1. The number of pyridine rings is 1. The van der Waals surface area contributed by atoms with E-state index in [4.69, 9.17) is 4.98 Å². The van der Waals surface area contributed by atoms with E-state index in [1.165, 1.54) is 11.3 Å². The van der Waals surface area contributed by atoms with E-state index in [9.17, 15) is 4.79 Å². The van der Waals surface area contributed by atoms with E-state index in [2.05, 4.69) is 20.2 Å². The first-order valence-corrected chi connectivity index (χ1v) is 9.43. The van der Waals surface area contributed by atoms with Gasteiger partial charge in [0.1, 0.15) is 27.6 Å². The lowest BCUT2D eigenvalue weighted by Crippen LogP contribution is -1.92. The molecule has 5 aromatic rings. The van der Waals surface area contributed by atoms with E-state index in [1.807, 2.05) is 47.7 Å². The van der Waals surface area contributed by atoms with Crippen LogP contribution in [0.1, 0.15) is 16.1 Å². The lowest BCUT2D eigenvalue weighted by molar-refractivity contribution is 0.112. The second kappa shape index (κ2) is 6.50. The number of imidazole rings is 1. The fraction of sp³-hybridized carbons (Fsp3) is 0.0500. The third kappa shape index (κ3) is 2.62. The zero-order valence-corrected chi connectivity index (χ0v) is 15.6. The van der Waals surface area contributed by atoms with Gasteiger partial charge in [-0.1, -0.05) is 30.3 Å². The van der Waals surface area contributed by atoms with Crippen LogP contribution in [0.15, 0.2) is 55.0 Å². The van der Waals surface area contributed by atoms with Gasteiger partial charge in [0.05, 0.1) is 11.4 Å². The molecule has 0 saturated heterocycles. The number of fused-ring (bicyclic) bond motifs is 1. The van der Waals surface area contributed by atoms with Crippen molar-refractivity contribution in [3.05, 3.63) is 66.2 Å². The van der Waals surface area contributed by atoms with Gasteiger partial charge in [-0.3, -0.25) is 9.20 Å². The molecule has 5 rings (SSSR count). The van der Waals surface area contributed by atoms with E-state index >= 15 is 0 Å². The summed E-state index contributed by atoms with van der Waals surface area (Å²) in [4.78, 5) is 24.8. The maximum atomic E-state index is 11.2. The van der Waals surface area contributed by atoms with Crippen molar-refractivity contribution in [2.24, 2.45) is 0 Å². The SMILES string of the molecule is Cc1nc2ccc(C=O)cn2c1-c1nc(-c2ccccc2)c(-c2nnc[nH]2)s1. The Kier molecular flexibility index (Phi) is 3.84. The number of aromatic amines is 1. The number of aromatic nitrogens is 6. The van der Waals surface area contributed by atoms with Gasteiger partial charge in [0.25, 0.3) is 0 Å². The monoisotopic (exact) mass is 386 g/mol. The van der Waals surface area contributed by atoms with Gasteiger partial charge in [-0.25, -0.2) is 9.97 Å². The number of rotatable bonds is 4. The summed E-state index contributed by atoms with van der Waals surface area (Å²) in [7, 11) is 0. The molecule has 0 atom stereocenters. The summed E-state index contributed by atoms with van der Waals surface area (Å²) in [5, 5.41) is 8.89. The Bertz CT molecular complexity index is 1290. The highest BCUT2D eigenvalue weighted by molar-refractivity contribution is 7.18. The minimum atomic E-state index is 0.585. The number of aryl methyl sites for hydroxylation is 1. The molecule has 0 bridgehead atoms. The van der Waals surface area contributed by atoms with Crippen molar-refractivity contribution in [1.29, 1.82) is 0 Å². The Morgan fingerprint density at radius 1 is 1.11 bits per heavy atom. The maximum Gasteiger partial charge on any atom is 0.173 e. The number of nitrogens with one attached hydrogen (secondary N) is 1. The summed E-state index contributed by atoms with van der Waals surface area (Å²) in [6.07, 6.45) is 4.17. The molecular weight excluding hydrogens is 372 g/mol. The highest BCUT2D eigenvalue weighted by Crippen LogP contribution is 2.40. The number of aldehydes is 1. The Labute approximate surface area is 163 Å². The predicted molar refractivity (Wildman–Crippen MR) is 107 cm³/mol. The molecule has 0 aliphatic heterocycles. The maximum absolute atomic E-state index is 11.2.